The maximum Gasteiger partial charge on any atom is 0.247 e. The number of rotatable bonds is 3. The summed E-state index contributed by atoms with van der Waals surface area (Å²) < 4.78 is 3.36. The highest BCUT2D eigenvalue weighted by molar-refractivity contribution is 7.97. The molecule has 0 fully saturated rings. The van der Waals surface area contributed by atoms with Gasteiger partial charge in [0.05, 0.1) is 0 Å². The molecule has 0 saturated carbocycles. The van der Waals surface area contributed by atoms with E-state index in [1.165, 1.54) is 6.08 Å². The van der Waals surface area contributed by atoms with Crippen molar-refractivity contribution >= 4 is 29.6 Å². The number of benzene rings is 1. The van der Waals surface area contributed by atoms with Crippen LogP contribution in [0.1, 0.15) is 5.56 Å². The van der Waals surface area contributed by atoms with E-state index in [0.717, 1.165) is 17.5 Å². The van der Waals surface area contributed by atoms with Crippen molar-refractivity contribution in [3.05, 3.63) is 34.9 Å². The van der Waals surface area contributed by atoms with Gasteiger partial charge in [-0.15, -0.1) is 4.40 Å². The fourth-order valence-corrected chi connectivity index (χ4v) is 1.42. The Hall–Kier alpha value is -0.760. The van der Waals surface area contributed by atoms with Crippen LogP contribution in [0, 0.1) is 0 Å². The van der Waals surface area contributed by atoms with Gasteiger partial charge in [-0.25, -0.2) is 4.79 Å². The molecule has 0 spiro atoms. The highest BCUT2D eigenvalue weighted by Gasteiger charge is 1.92. The minimum absolute atomic E-state index is 0.649. The molecule has 1 aromatic carbocycles. The standard InChI is InChI=1S/C8H6ClNOS/c9-8-3-1-2-7(4-8)5-12-10-6-11/h1-4H,5H2. The molecule has 0 N–H and O–H groups in total. The Bertz CT molecular complexity index is 310. The number of halogens is 1. The first-order valence-corrected chi connectivity index (χ1v) is 4.58. The van der Waals surface area contributed by atoms with E-state index in [1.807, 2.05) is 18.2 Å². The molecule has 0 saturated heterocycles. The molecule has 12 heavy (non-hydrogen) atoms. The van der Waals surface area contributed by atoms with Crippen molar-refractivity contribution in [3.63, 3.8) is 0 Å². The van der Waals surface area contributed by atoms with Gasteiger partial charge in [-0.3, -0.25) is 0 Å². The summed E-state index contributed by atoms with van der Waals surface area (Å²) in [5.41, 5.74) is 1.05. The first-order valence-electron chi connectivity index (χ1n) is 3.26. The van der Waals surface area contributed by atoms with Gasteiger partial charge >= 0.3 is 0 Å². The summed E-state index contributed by atoms with van der Waals surface area (Å²) in [6, 6.07) is 7.44. The van der Waals surface area contributed by atoms with E-state index in [1.54, 1.807) is 6.07 Å². The SMILES string of the molecule is O=C=NSCc1cccc(Cl)c1. The largest absolute Gasteiger partial charge is 0.247 e. The normalized spacial score (nSPS) is 9.08. The number of hydrogen-bond acceptors (Lipinski definition) is 3. The van der Waals surface area contributed by atoms with Crippen LogP contribution in [-0.4, -0.2) is 6.08 Å². The smallest absolute Gasteiger partial charge is 0.210 e. The Morgan fingerprint density at radius 1 is 1.58 bits per heavy atom. The molecule has 0 atom stereocenters. The first-order chi connectivity index (χ1) is 5.83. The zero-order valence-electron chi connectivity index (χ0n) is 6.16. The van der Waals surface area contributed by atoms with Crippen LogP contribution >= 0.6 is 23.5 Å². The zero-order chi connectivity index (χ0) is 8.81. The van der Waals surface area contributed by atoms with Gasteiger partial charge < -0.3 is 0 Å². The van der Waals surface area contributed by atoms with E-state index in [-0.39, 0.29) is 0 Å². The van der Waals surface area contributed by atoms with Gasteiger partial charge in [-0.1, -0.05) is 23.7 Å². The summed E-state index contributed by atoms with van der Waals surface area (Å²) in [6.07, 6.45) is 1.46. The number of nitrogens with zero attached hydrogens (tertiary/aromatic N) is 1. The molecule has 0 unspecified atom stereocenters. The van der Waals surface area contributed by atoms with Crippen LogP contribution in [0.4, 0.5) is 0 Å². The van der Waals surface area contributed by atoms with E-state index >= 15 is 0 Å². The molecule has 1 aromatic rings. The highest BCUT2D eigenvalue weighted by atomic mass is 35.5. The lowest BCUT2D eigenvalue weighted by Crippen LogP contribution is -1.77. The molecule has 0 aliphatic rings. The van der Waals surface area contributed by atoms with Gasteiger partial charge in [-0.2, -0.15) is 0 Å². The average Bonchev–Trinajstić information content (AvgIpc) is 2.05. The van der Waals surface area contributed by atoms with Crippen molar-refractivity contribution in [3.8, 4) is 0 Å². The van der Waals surface area contributed by atoms with Crippen LogP contribution in [-0.2, 0) is 10.5 Å². The van der Waals surface area contributed by atoms with Gasteiger partial charge in [0.15, 0.2) is 0 Å². The molecule has 4 heteroatoms. The summed E-state index contributed by atoms with van der Waals surface area (Å²) >= 11 is 6.90. The number of carbonyl (C=O) groups excluding carboxylic acids is 1. The summed E-state index contributed by atoms with van der Waals surface area (Å²) in [5, 5.41) is 0.697. The summed E-state index contributed by atoms with van der Waals surface area (Å²) in [5.74, 6) is 0.649. The summed E-state index contributed by atoms with van der Waals surface area (Å²) in [4.78, 5) is 9.72. The van der Waals surface area contributed by atoms with Gasteiger partial charge in [0.1, 0.15) is 0 Å². The molecule has 2 nitrogen and oxygen atoms in total. The lowest BCUT2D eigenvalue weighted by atomic mass is 10.2. The molecule has 0 radical (unpaired) electrons. The van der Waals surface area contributed by atoms with Crippen molar-refractivity contribution in [2.45, 2.75) is 5.75 Å². The number of isocyanates is 1. The molecular formula is C8H6ClNOS. The van der Waals surface area contributed by atoms with Gasteiger partial charge in [0.2, 0.25) is 6.08 Å². The van der Waals surface area contributed by atoms with Crippen LogP contribution < -0.4 is 0 Å². The van der Waals surface area contributed by atoms with Crippen molar-refractivity contribution in [1.82, 2.24) is 0 Å². The van der Waals surface area contributed by atoms with E-state index in [2.05, 4.69) is 4.40 Å². The van der Waals surface area contributed by atoms with Crippen LogP contribution in [0.3, 0.4) is 0 Å². The molecule has 1 rings (SSSR count). The van der Waals surface area contributed by atoms with Crippen LogP contribution in [0.15, 0.2) is 28.7 Å². The average molecular weight is 200 g/mol. The molecule has 0 aliphatic carbocycles. The highest BCUT2D eigenvalue weighted by Crippen LogP contribution is 2.16. The zero-order valence-corrected chi connectivity index (χ0v) is 7.73. The Balaban J connectivity index is 2.57. The molecule has 0 aliphatic heterocycles. The maximum absolute atomic E-state index is 9.72. The Labute approximate surface area is 79.8 Å². The monoisotopic (exact) mass is 199 g/mol. The summed E-state index contributed by atoms with van der Waals surface area (Å²) in [6.45, 7) is 0. The lowest BCUT2D eigenvalue weighted by molar-refractivity contribution is 0.566. The van der Waals surface area contributed by atoms with E-state index in [9.17, 15) is 4.79 Å². The van der Waals surface area contributed by atoms with Crippen LogP contribution in [0.25, 0.3) is 0 Å². The molecule has 62 valence electrons. The van der Waals surface area contributed by atoms with E-state index in [0.29, 0.717) is 10.8 Å². The summed E-state index contributed by atoms with van der Waals surface area (Å²) in [7, 11) is 0. The molecule has 0 bridgehead atoms. The van der Waals surface area contributed by atoms with Crippen molar-refractivity contribution < 1.29 is 4.79 Å². The topological polar surface area (TPSA) is 29.4 Å². The Morgan fingerprint density at radius 2 is 2.42 bits per heavy atom. The van der Waals surface area contributed by atoms with Crippen molar-refractivity contribution in [2.24, 2.45) is 4.40 Å². The van der Waals surface area contributed by atoms with E-state index < -0.39 is 0 Å². The number of hydrogen-bond donors (Lipinski definition) is 0. The quantitative estimate of drug-likeness (QED) is 0.426. The van der Waals surface area contributed by atoms with Crippen LogP contribution in [0.5, 0.6) is 0 Å². The van der Waals surface area contributed by atoms with Crippen LogP contribution in [0.2, 0.25) is 5.02 Å². The Morgan fingerprint density at radius 3 is 3.08 bits per heavy atom. The fourth-order valence-electron chi connectivity index (χ4n) is 0.760. The lowest BCUT2D eigenvalue weighted by Gasteiger charge is -1.95. The molecule has 0 heterocycles. The predicted molar refractivity (Wildman–Crippen MR) is 50.9 cm³/mol. The minimum atomic E-state index is 0.649. The van der Waals surface area contributed by atoms with E-state index in [4.69, 9.17) is 11.6 Å². The van der Waals surface area contributed by atoms with Gasteiger partial charge in [0.25, 0.3) is 0 Å². The second kappa shape index (κ2) is 4.99. The third-order valence-electron chi connectivity index (χ3n) is 1.22. The first kappa shape index (κ1) is 9.33. The minimum Gasteiger partial charge on any atom is -0.210 e. The fraction of sp³-hybridized carbons (Fsp3) is 0.125. The van der Waals surface area contributed by atoms with Gasteiger partial charge in [0, 0.05) is 10.8 Å². The second-order valence-corrected chi connectivity index (χ2v) is 3.25. The maximum atomic E-state index is 9.72. The third-order valence-corrected chi connectivity index (χ3v) is 2.12. The molecule has 0 amide bonds. The Kier molecular flexibility index (Phi) is 3.88. The van der Waals surface area contributed by atoms with Crippen molar-refractivity contribution in [2.75, 3.05) is 0 Å². The predicted octanol–water partition coefficient (Wildman–Crippen LogP) is 2.82. The molecular weight excluding hydrogens is 194 g/mol. The third kappa shape index (κ3) is 3.09. The van der Waals surface area contributed by atoms with Gasteiger partial charge in [-0.05, 0) is 29.6 Å². The molecule has 0 aromatic heterocycles. The second-order valence-electron chi connectivity index (χ2n) is 2.09. The van der Waals surface area contributed by atoms with Crippen molar-refractivity contribution in [1.29, 1.82) is 0 Å².